The second-order valence-corrected chi connectivity index (χ2v) is 6.89. The Morgan fingerprint density at radius 2 is 1.90 bits per heavy atom. The molecule has 30 heavy (non-hydrogen) atoms. The molecule has 156 valence electrons. The number of benzene rings is 1. The number of H-pyrrole nitrogens is 1. The molecule has 0 radical (unpaired) electrons. The number of esters is 1. The summed E-state index contributed by atoms with van der Waals surface area (Å²) >= 11 is 0. The van der Waals surface area contributed by atoms with E-state index in [1.165, 1.54) is 21.1 Å². The molecule has 0 spiro atoms. The predicted octanol–water partition coefficient (Wildman–Crippen LogP) is 2.40. The molecular formula is C21H21N3O6. The Morgan fingerprint density at radius 3 is 2.53 bits per heavy atom. The van der Waals surface area contributed by atoms with Crippen LogP contribution in [0.15, 0.2) is 30.3 Å². The Morgan fingerprint density at radius 1 is 1.20 bits per heavy atom. The number of carboxylic acids is 1. The number of hydrogen-bond donors (Lipinski definition) is 2. The van der Waals surface area contributed by atoms with Crippen LogP contribution in [0, 0.1) is 0 Å². The molecule has 2 N–H and O–H groups in total. The van der Waals surface area contributed by atoms with Gasteiger partial charge in [0.1, 0.15) is 17.4 Å². The molecule has 0 aliphatic heterocycles. The summed E-state index contributed by atoms with van der Waals surface area (Å²) in [6.07, 6.45) is -0.266. The second kappa shape index (κ2) is 8.32. The quantitative estimate of drug-likeness (QED) is 0.451. The van der Waals surface area contributed by atoms with Gasteiger partial charge in [0.15, 0.2) is 5.78 Å². The van der Waals surface area contributed by atoms with Crippen LogP contribution >= 0.6 is 0 Å². The van der Waals surface area contributed by atoms with E-state index in [2.05, 4.69) is 14.7 Å². The summed E-state index contributed by atoms with van der Waals surface area (Å²) < 4.78 is 4.54. The molecule has 1 amide bonds. The number of aromatic nitrogens is 2. The lowest BCUT2D eigenvalue weighted by Crippen LogP contribution is -2.43. The van der Waals surface area contributed by atoms with Crippen LogP contribution in [-0.2, 0) is 14.3 Å². The number of hydrogen-bond acceptors (Lipinski definition) is 6. The van der Waals surface area contributed by atoms with Crippen molar-refractivity contribution in [1.82, 2.24) is 14.9 Å². The van der Waals surface area contributed by atoms with Gasteiger partial charge in [-0.05, 0) is 18.6 Å². The Labute approximate surface area is 171 Å². The second-order valence-electron chi connectivity index (χ2n) is 6.89. The van der Waals surface area contributed by atoms with Gasteiger partial charge in [-0.2, -0.15) is 0 Å². The fourth-order valence-electron chi connectivity index (χ4n) is 3.37. The number of fused-ring (bicyclic) bond motifs is 3. The summed E-state index contributed by atoms with van der Waals surface area (Å²) in [6.45, 7) is 1.35. The van der Waals surface area contributed by atoms with Crippen molar-refractivity contribution in [3.8, 4) is 0 Å². The fourth-order valence-corrected chi connectivity index (χ4v) is 3.37. The van der Waals surface area contributed by atoms with E-state index in [1.807, 2.05) is 24.3 Å². The van der Waals surface area contributed by atoms with Crippen LogP contribution in [0.1, 0.15) is 40.7 Å². The molecule has 0 aliphatic rings. The van der Waals surface area contributed by atoms with Gasteiger partial charge in [-0.25, -0.2) is 9.78 Å². The third-order valence-electron chi connectivity index (χ3n) is 4.97. The topological polar surface area (TPSA) is 130 Å². The zero-order chi connectivity index (χ0) is 22.0. The van der Waals surface area contributed by atoms with Gasteiger partial charge in [-0.3, -0.25) is 14.4 Å². The number of likely N-dealkylation sites (N-methyl/N-ethyl adjacent to an activating group) is 1. The molecule has 0 aliphatic carbocycles. The van der Waals surface area contributed by atoms with E-state index < -0.39 is 23.9 Å². The number of carboxylic acid groups (broad SMARTS) is 1. The van der Waals surface area contributed by atoms with Crippen molar-refractivity contribution in [1.29, 1.82) is 0 Å². The molecule has 0 unspecified atom stereocenters. The van der Waals surface area contributed by atoms with Crippen LogP contribution in [0.2, 0.25) is 0 Å². The first-order valence-corrected chi connectivity index (χ1v) is 9.23. The molecule has 0 bridgehead atoms. The summed E-state index contributed by atoms with van der Waals surface area (Å²) in [7, 11) is 2.53. The molecule has 3 rings (SSSR count). The number of nitrogens with one attached hydrogen (secondary N) is 1. The number of ketones is 1. The molecule has 1 atom stereocenters. The van der Waals surface area contributed by atoms with Crippen molar-refractivity contribution in [2.45, 2.75) is 25.8 Å². The Kier molecular flexibility index (Phi) is 5.81. The minimum atomic E-state index is -1.25. The van der Waals surface area contributed by atoms with Crippen LogP contribution < -0.4 is 0 Å². The van der Waals surface area contributed by atoms with Crippen LogP contribution in [0.4, 0.5) is 0 Å². The van der Waals surface area contributed by atoms with Gasteiger partial charge in [0.05, 0.1) is 12.6 Å². The summed E-state index contributed by atoms with van der Waals surface area (Å²) in [6, 6.07) is 7.67. The van der Waals surface area contributed by atoms with E-state index in [-0.39, 0.29) is 30.0 Å². The Balaban J connectivity index is 2.04. The lowest BCUT2D eigenvalue weighted by molar-refractivity contribution is -0.144. The van der Waals surface area contributed by atoms with E-state index in [1.54, 1.807) is 6.07 Å². The number of carbonyl (C=O) groups is 4. The van der Waals surface area contributed by atoms with Crippen molar-refractivity contribution in [3.05, 3.63) is 41.7 Å². The highest BCUT2D eigenvalue weighted by Crippen LogP contribution is 2.28. The van der Waals surface area contributed by atoms with Crippen LogP contribution in [0.5, 0.6) is 0 Å². The van der Waals surface area contributed by atoms with E-state index in [9.17, 15) is 24.3 Å². The van der Waals surface area contributed by atoms with Crippen molar-refractivity contribution < 1.29 is 29.0 Å². The summed E-state index contributed by atoms with van der Waals surface area (Å²) in [4.78, 5) is 56.7. The third-order valence-corrected chi connectivity index (χ3v) is 4.97. The van der Waals surface area contributed by atoms with Crippen LogP contribution in [-0.4, -0.2) is 63.8 Å². The minimum absolute atomic E-state index is 0.0516. The minimum Gasteiger partial charge on any atom is -0.480 e. The van der Waals surface area contributed by atoms with Crippen LogP contribution in [0.3, 0.4) is 0 Å². The molecule has 2 aromatic heterocycles. The smallest absolute Gasteiger partial charge is 0.326 e. The Bertz CT molecular complexity index is 1170. The average molecular weight is 411 g/mol. The molecule has 3 aromatic rings. The molecular weight excluding hydrogens is 390 g/mol. The first-order valence-electron chi connectivity index (χ1n) is 9.23. The number of Topliss-reactive ketones (excluding diaryl/α,β-unsaturated/α-hetero) is 1. The van der Waals surface area contributed by atoms with E-state index >= 15 is 0 Å². The molecule has 0 fully saturated rings. The summed E-state index contributed by atoms with van der Waals surface area (Å²) in [5, 5.41) is 11.0. The van der Waals surface area contributed by atoms with Crippen LogP contribution in [0.25, 0.3) is 21.8 Å². The number of rotatable bonds is 7. The van der Waals surface area contributed by atoms with Gasteiger partial charge in [0.25, 0.3) is 5.91 Å². The molecule has 9 nitrogen and oxygen atoms in total. The Hall–Kier alpha value is -3.75. The molecule has 0 saturated carbocycles. The van der Waals surface area contributed by atoms with E-state index in [0.717, 1.165) is 15.8 Å². The summed E-state index contributed by atoms with van der Waals surface area (Å²) in [5.74, 6) is -2.82. The first kappa shape index (κ1) is 21.0. The monoisotopic (exact) mass is 411 g/mol. The maximum Gasteiger partial charge on any atom is 0.326 e. The van der Waals surface area contributed by atoms with Gasteiger partial charge in [-0.15, -0.1) is 0 Å². The maximum atomic E-state index is 13.0. The lowest BCUT2D eigenvalue weighted by atomic mass is 10.1. The highest BCUT2D eigenvalue weighted by atomic mass is 16.5. The first-order chi connectivity index (χ1) is 14.2. The third kappa shape index (κ3) is 3.86. The zero-order valence-corrected chi connectivity index (χ0v) is 16.8. The SMILES string of the molecule is COC(=O)CC[C@@H](C(=O)O)N(C)C(=O)c1cc2c([nH]c3ccccc32)c(C(C)=O)n1. The van der Waals surface area contributed by atoms with Crippen molar-refractivity contribution in [2.24, 2.45) is 0 Å². The molecule has 2 heterocycles. The number of pyridine rings is 1. The number of methoxy groups -OCH3 is 1. The standard InChI is InChI=1S/C21H21N3O6/c1-11(25)18-19-13(12-6-4-5-7-14(12)22-19)10-15(23-18)20(27)24(2)16(21(28)29)8-9-17(26)30-3/h4-7,10,16,22H,8-9H2,1-3H3,(H,28,29)/t16-/m0/s1. The van der Waals surface area contributed by atoms with Gasteiger partial charge in [0, 0.05) is 36.7 Å². The lowest BCUT2D eigenvalue weighted by Gasteiger charge is -2.24. The number of carbonyl (C=O) groups excluding carboxylic acids is 3. The summed E-state index contributed by atoms with van der Waals surface area (Å²) in [5.41, 5.74) is 1.35. The predicted molar refractivity (Wildman–Crippen MR) is 108 cm³/mol. The van der Waals surface area contributed by atoms with Gasteiger partial charge in [-0.1, -0.05) is 18.2 Å². The van der Waals surface area contributed by atoms with Crippen molar-refractivity contribution in [2.75, 3.05) is 14.2 Å². The highest BCUT2D eigenvalue weighted by Gasteiger charge is 2.29. The number of amides is 1. The van der Waals surface area contributed by atoms with Gasteiger partial charge in [0.2, 0.25) is 0 Å². The van der Waals surface area contributed by atoms with E-state index in [4.69, 9.17) is 0 Å². The van der Waals surface area contributed by atoms with E-state index in [0.29, 0.717) is 10.9 Å². The fraction of sp³-hybridized carbons (Fsp3) is 0.286. The number of nitrogens with zero attached hydrogens (tertiary/aromatic N) is 2. The zero-order valence-electron chi connectivity index (χ0n) is 16.8. The van der Waals surface area contributed by atoms with Gasteiger partial charge >= 0.3 is 11.9 Å². The highest BCUT2D eigenvalue weighted by molar-refractivity contribution is 6.15. The number of para-hydroxylation sites is 1. The molecule has 9 heteroatoms. The largest absolute Gasteiger partial charge is 0.480 e. The van der Waals surface area contributed by atoms with Crippen molar-refractivity contribution >= 4 is 45.4 Å². The number of ether oxygens (including phenoxy) is 1. The molecule has 0 saturated heterocycles. The van der Waals surface area contributed by atoms with Crippen molar-refractivity contribution in [3.63, 3.8) is 0 Å². The number of aromatic amines is 1. The normalized spacial score (nSPS) is 12.0. The molecule has 1 aromatic carbocycles. The number of aliphatic carboxylic acids is 1. The maximum absolute atomic E-state index is 13.0. The van der Waals surface area contributed by atoms with Gasteiger partial charge < -0.3 is 19.7 Å². The average Bonchev–Trinajstić information content (AvgIpc) is 3.10.